The van der Waals surface area contributed by atoms with Gasteiger partial charge in [-0.3, -0.25) is 9.59 Å². The fourth-order valence-electron chi connectivity index (χ4n) is 2.77. The van der Waals surface area contributed by atoms with Crippen LogP contribution in [0.25, 0.3) is 5.69 Å². The molecule has 0 saturated carbocycles. The fraction of sp³-hybridized carbons (Fsp3) is 0.182. The van der Waals surface area contributed by atoms with Crippen molar-refractivity contribution in [2.24, 2.45) is 0 Å². The van der Waals surface area contributed by atoms with Crippen molar-refractivity contribution in [3.05, 3.63) is 72.2 Å². The zero-order valence-corrected chi connectivity index (χ0v) is 16.8. The molecule has 31 heavy (non-hydrogen) atoms. The second-order valence-electron chi connectivity index (χ2n) is 6.48. The maximum atomic E-state index is 12.9. The van der Waals surface area contributed by atoms with Crippen LogP contribution in [0.15, 0.2) is 60.8 Å². The summed E-state index contributed by atoms with van der Waals surface area (Å²) in [6, 6.07) is 14.3. The molecule has 0 atom stereocenters. The van der Waals surface area contributed by atoms with E-state index in [-0.39, 0.29) is 30.8 Å². The molecule has 2 aromatic carbocycles. The zero-order chi connectivity index (χ0) is 22.2. The van der Waals surface area contributed by atoms with Crippen LogP contribution in [0.1, 0.15) is 30.1 Å². The lowest BCUT2D eigenvalue weighted by Gasteiger charge is -2.11. The van der Waals surface area contributed by atoms with Crippen molar-refractivity contribution in [3.63, 3.8) is 0 Å². The van der Waals surface area contributed by atoms with Gasteiger partial charge in [0.2, 0.25) is 11.8 Å². The van der Waals surface area contributed by atoms with Crippen molar-refractivity contribution in [1.29, 1.82) is 0 Å². The van der Waals surface area contributed by atoms with Gasteiger partial charge < -0.3 is 15.4 Å². The Bertz CT molecular complexity index is 1060. The van der Waals surface area contributed by atoms with E-state index in [1.54, 1.807) is 31.2 Å². The molecule has 9 heteroatoms. The van der Waals surface area contributed by atoms with Crippen LogP contribution in [-0.2, 0) is 14.3 Å². The van der Waals surface area contributed by atoms with Gasteiger partial charge in [-0.2, -0.15) is 5.10 Å². The molecule has 2 amide bonds. The highest BCUT2D eigenvalue weighted by Gasteiger charge is 2.21. The molecule has 0 radical (unpaired) electrons. The van der Waals surface area contributed by atoms with Gasteiger partial charge in [0.15, 0.2) is 5.82 Å². The molecular weight excluding hydrogens is 403 g/mol. The van der Waals surface area contributed by atoms with Gasteiger partial charge in [-0.25, -0.2) is 13.9 Å². The summed E-state index contributed by atoms with van der Waals surface area (Å²) < 4.78 is 19.4. The Morgan fingerprint density at radius 1 is 0.968 bits per heavy atom. The molecule has 3 aromatic rings. The van der Waals surface area contributed by atoms with E-state index in [9.17, 15) is 18.8 Å². The molecule has 0 unspecified atom stereocenters. The van der Waals surface area contributed by atoms with E-state index in [1.807, 2.05) is 6.07 Å². The second kappa shape index (κ2) is 10.1. The molecule has 0 aliphatic rings. The highest BCUT2D eigenvalue weighted by Crippen LogP contribution is 2.21. The van der Waals surface area contributed by atoms with E-state index in [4.69, 9.17) is 4.74 Å². The van der Waals surface area contributed by atoms with Gasteiger partial charge in [0, 0.05) is 18.5 Å². The van der Waals surface area contributed by atoms with Crippen LogP contribution in [0.2, 0.25) is 0 Å². The molecule has 0 aliphatic heterocycles. The molecular formula is C22H21FN4O4. The van der Waals surface area contributed by atoms with E-state index in [1.165, 1.54) is 35.1 Å². The number of anilines is 2. The lowest BCUT2D eigenvalue weighted by Crippen LogP contribution is -2.20. The molecule has 2 N–H and O–H groups in total. The third kappa shape index (κ3) is 5.75. The predicted octanol–water partition coefficient (Wildman–Crippen LogP) is 3.55. The van der Waals surface area contributed by atoms with Gasteiger partial charge in [-0.05, 0) is 43.3 Å². The van der Waals surface area contributed by atoms with Crippen LogP contribution < -0.4 is 10.6 Å². The number of hydrogen-bond acceptors (Lipinski definition) is 5. The summed E-state index contributed by atoms with van der Waals surface area (Å²) in [5.41, 5.74) is 1.18. The summed E-state index contributed by atoms with van der Waals surface area (Å²) in [6.07, 6.45) is 1.09. The molecule has 0 spiro atoms. The Morgan fingerprint density at radius 3 is 2.26 bits per heavy atom. The largest absolute Gasteiger partial charge is 0.462 e. The molecule has 0 bridgehead atoms. The summed E-state index contributed by atoms with van der Waals surface area (Å²) >= 11 is 0. The maximum absolute atomic E-state index is 12.9. The first-order chi connectivity index (χ1) is 15.0. The maximum Gasteiger partial charge on any atom is 0.343 e. The van der Waals surface area contributed by atoms with Crippen molar-refractivity contribution >= 4 is 29.3 Å². The van der Waals surface area contributed by atoms with Crippen LogP contribution in [0.4, 0.5) is 15.9 Å². The van der Waals surface area contributed by atoms with E-state index in [2.05, 4.69) is 15.7 Å². The topological polar surface area (TPSA) is 102 Å². The van der Waals surface area contributed by atoms with Crippen LogP contribution in [0, 0.1) is 5.82 Å². The van der Waals surface area contributed by atoms with Gasteiger partial charge in [0.1, 0.15) is 11.4 Å². The molecule has 0 aliphatic carbocycles. The first-order valence-electron chi connectivity index (χ1n) is 9.63. The lowest BCUT2D eigenvalue weighted by atomic mass is 10.2. The average Bonchev–Trinajstić information content (AvgIpc) is 3.18. The van der Waals surface area contributed by atoms with E-state index in [0.717, 1.165) is 0 Å². The number of aromatic nitrogens is 2. The number of benzene rings is 2. The Kier molecular flexibility index (Phi) is 7.10. The number of halogens is 1. The zero-order valence-electron chi connectivity index (χ0n) is 16.8. The third-order valence-electron chi connectivity index (χ3n) is 4.23. The van der Waals surface area contributed by atoms with Crippen LogP contribution in [-0.4, -0.2) is 34.2 Å². The van der Waals surface area contributed by atoms with Crippen LogP contribution >= 0.6 is 0 Å². The number of ether oxygens (including phenoxy) is 1. The van der Waals surface area contributed by atoms with Crippen LogP contribution in [0.3, 0.4) is 0 Å². The van der Waals surface area contributed by atoms with Crippen molar-refractivity contribution in [2.75, 3.05) is 17.2 Å². The second-order valence-corrected chi connectivity index (χ2v) is 6.48. The highest BCUT2D eigenvalue weighted by molar-refractivity contribution is 6.01. The predicted molar refractivity (Wildman–Crippen MR) is 112 cm³/mol. The standard InChI is InChI=1S/C22H21FN4O4/c1-2-31-22(30)18-14-24-27(17-6-4-3-5-7-17)21(18)26-20(29)13-12-19(28)25-16-10-8-15(23)9-11-16/h3-11,14H,2,12-13H2,1H3,(H,25,28)(H,26,29). The quantitative estimate of drug-likeness (QED) is 0.539. The molecule has 1 aromatic heterocycles. The van der Waals surface area contributed by atoms with Gasteiger partial charge in [0.25, 0.3) is 0 Å². The van der Waals surface area contributed by atoms with Gasteiger partial charge in [0.05, 0.1) is 18.5 Å². The number of nitrogens with one attached hydrogen (secondary N) is 2. The molecule has 3 rings (SSSR count). The van der Waals surface area contributed by atoms with E-state index < -0.39 is 23.6 Å². The van der Waals surface area contributed by atoms with E-state index in [0.29, 0.717) is 11.4 Å². The van der Waals surface area contributed by atoms with Crippen LogP contribution in [0.5, 0.6) is 0 Å². The SMILES string of the molecule is CCOC(=O)c1cnn(-c2ccccc2)c1NC(=O)CCC(=O)Nc1ccc(F)cc1. The highest BCUT2D eigenvalue weighted by atomic mass is 19.1. The Labute approximate surface area is 178 Å². The Hall–Kier alpha value is -4.01. The molecule has 8 nitrogen and oxygen atoms in total. The monoisotopic (exact) mass is 424 g/mol. The number of hydrogen-bond donors (Lipinski definition) is 2. The number of para-hydroxylation sites is 1. The summed E-state index contributed by atoms with van der Waals surface area (Å²) in [7, 11) is 0. The molecule has 1 heterocycles. The minimum atomic E-state index is -0.617. The molecule has 160 valence electrons. The van der Waals surface area contributed by atoms with Crippen molar-refractivity contribution in [3.8, 4) is 5.69 Å². The number of esters is 1. The van der Waals surface area contributed by atoms with Crippen molar-refractivity contribution < 1.29 is 23.5 Å². The number of carbonyl (C=O) groups is 3. The molecule has 0 fully saturated rings. The fourth-order valence-corrected chi connectivity index (χ4v) is 2.77. The van der Waals surface area contributed by atoms with Gasteiger partial charge >= 0.3 is 5.97 Å². The Balaban J connectivity index is 1.69. The number of amides is 2. The smallest absolute Gasteiger partial charge is 0.343 e. The first-order valence-corrected chi connectivity index (χ1v) is 9.63. The van der Waals surface area contributed by atoms with Gasteiger partial charge in [-0.15, -0.1) is 0 Å². The lowest BCUT2D eigenvalue weighted by molar-refractivity contribution is -0.121. The van der Waals surface area contributed by atoms with Crippen molar-refractivity contribution in [2.45, 2.75) is 19.8 Å². The number of nitrogens with zero attached hydrogens (tertiary/aromatic N) is 2. The minimum Gasteiger partial charge on any atom is -0.462 e. The first kappa shape index (κ1) is 21.7. The van der Waals surface area contributed by atoms with Crippen molar-refractivity contribution in [1.82, 2.24) is 9.78 Å². The average molecular weight is 424 g/mol. The third-order valence-corrected chi connectivity index (χ3v) is 4.23. The normalized spacial score (nSPS) is 10.4. The summed E-state index contributed by atoms with van der Waals surface area (Å²) in [5.74, 6) is -1.74. The van der Waals surface area contributed by atoms with Gasteiger partial charge in [-0.1, -0.05) is 18.2 Å². The summed E-state index contributed by atoms with van der Waals surface area (Å²) in [5, 5.41) is 9.44. The molecule has 0 saturated heterocycles. The minimum absolute atomic E-state index is 0.0998. The number of carbonyl (C=O) groups excluding carboxylic acids is 3. The summed E-state index contributed by atoms with van der Waals surface area (Å²) in [6.45, 7) is 1.85. The van der Waals surface area contributed by atoms with E-state index >= 15 is 0 Å². The summed E-state index contributed by atoms with van der Waals surface area (Å²) in [4.78, 5) is 36.8. The number of rotatable bonds is 8. The Morgan fingerprint density at radius 2 is 1.61 bits per heavy atom.